The van der Waals surface area contributed by atoms with Gasteiger partial charge < -0.3 is 10.1 Å². The topological polar surface area (TPSA) is 21.3 Å². The van der Waals surface area contributed by atoms with Crippen molar-refractivity contribution in [1.29, 1.82) is 0 Å². The molecular weight excluding hydrogens is 198 g/mol. The van der Waals surface area contributed by atoms with E-state index in [0.29, 0.717) is 6.10 Å². The monoisotopic (exact) mass is 225 g/mol. The number of rotatable bonds is 6. The van der Waals surface area contributed by atoms with Crippen LogP contribution in [0.3, 0.4) is 0 Å². The van der Waals surface area contributed by atoms with Gasteiger partial charge in [-0.3, -0.25) is 0 Å². The number of methoxy groups -OCH3 is 1. The molecule has 2 saturated carbocycles. The maximum atomic E-state index is 5.59. The summed E-state index contributed by atoms with van der Waals surface area (Å²) in [4.78, 5) is 0. The second kappa shape index (κ2) is 6.61. The molecule has 0 spiro atoms. The SMILES string of the molecule is CO[C@@H]1CCCC[C@H]1CCNCC1CCC1. The Bertz CT molecular complexity index is 191. The number of hydrogen-bond donors (Lipinski definition) is 1. The molecule has 2 fully saturated rings. The molecule has 0 radical (unpaired) electrons. The van der Waals surface area contributed by atoms with Crippen LogP contribution in [0.2, 0.25) is 0 Å². The quantitative estimate of drug-likeness (QED) is 0.702. The number of hydrogen-bond acceptors (Lipinski definition) is 2. The van der Waals surface area contributed by atoms with Crippen LogP contribution in [-0.4, -0.2) is 26.3 Å². The fraction of sp³-hybridized carbons (Fsp3) is 1.00. The molecule has 0 aromatic rings. The van der Waals surface area contributed by atoms with Gasteiger partial charge in [0, 0.05) is 7.11 Å². The molecule has 0 bridgehead atoms. The maximum Gasteiger partial charge on any atom is 0.0600 e. The van der Waals surface area contributed by atoms with Gasteiger partial charge in [-0.25, -0.2) is 0 Å². The van der Waals surface area contributed by atoms with Crippen LogP contribution in [0.5, 0.6) is 0 Å². The third-order valence-corrected chi connectivity index (χ3v) is 4.49. The zero-order valence-corrected chi connectivity index (χ0v) is 10.7. The Hall–Kier alpha value is -0.0800. The van der Waals surface area contributed by atoms with Crippen molar-refractivity contribution in [3.05, 3.63) is 0 Å². The molecule has 0 unspecified atom stereocenters. The van der Waals surface area contributed by atoms with Crippen molar-refractivity contribution in [3.8, 4) is 0 Å². The normalized spacial score (nSPS) is 31.3. The molecule has 2 heteroatoms. The largest absolute Gasteiger partial charge is 0.381 e. The molecule has 2 atom stereocenters. The lowest BCUT2D eigenvalue weighted by Crippen LogP contribution is -2.32. The molecule has 0 aliphatic heterocycles. The summed E-state index contributed by atoms with van der Waals surface area (Å²) in [6, 6.07) is 0. The van der Waals surface area contributed by atoms with E-state index in [1.54, 1.807) is 0 Å². The summed E-state index contributed by atoms with van der Waals surface area (Å²) in [6.07, 6.45) is 11.7. The highest BCUT2D eigenvalue weighted by atomic mass is 16.5. The third-order valence-electron chi connectivity index (χ3n) is 4.49. The summed E-state index contributed by atoms with van der Waals surface area (Å²) in [5.41, 5.74) is 0. The summed E-state index contributed by atoms with van der Waals surface area (Å²) in [5.74, 6) is 1.80. The second-order valence-electron chi connectivity index (χ2n) is 5.61. The molecule has 0 heterocycles. The van der Waals surface area contributed by atoms with E-state index in [4.69, 9.17) is 4.74 Å². The first-order valence-corrected chi connectivity index (χ1v) is 7.13. The number of ether oxygens (including phenoxy) is 1. The summed E-state index contributed by atoms with van der Waals surface area (Å²) >= 11 is 0. The van der Waals surface area contributed by atoms with E-state index in [-0.39, 0.29) is 0 Å². The minimum Gasteiger partial charge on any atom is -0.381 e. The summed E-state index contributed by atoms with van der Waals surface area (Å²) < 4.78 is 5.59. The molecular formula is C14H27NO. The highest BCUT2D eigenvalue weighted by Crippen LogP contribution is 2.29. The average Bonchev–Trinajstić information content (AvgIpc) is 2.27. The Morgan fingerprint density at radius 2 is 1.88 bits per heavy atom. The van der Waals surface area contributed by atoms with Crippen LogP contribution < -0.4 is 5.32 Å². The van der Waals surface area contributed by atoms with E-state index in [2.05, 4.69) is 5.32 Å². The predicted octanol–water partition coefficient (Wildman–Crippen LogP) is 2.97. The molecule has 0 aromatic heterocycles. The third kappa shape index (κ3) is 3.46. The van der Waals surface area contributed by atoms with Crippen LogP contribution in [0, 0.1) is 11.8 Å². The van der Waals surface area contributed by atoms with Crippen LogP contribution in [0.1, 0.15) is 51.4 Å². The number of nitrogens with one attached hydrogen (secondary N) is 1. The summed E-state index contributed by atoms with van der Waals surface area (Å²) in [7, 11) is 1.88. The molecule has 2 aliphatic rings. The van der Waals surface area contributed by atoms with Gasteiger partial charge in [0.05, 0.1) is 6.10 Å². The smallest absolute Gasteiger partial charge is 0.0600 e. The molecule has 2 aliphatic carbocycles. The van der Waals surface area contributed by atoms with Crippen molar-refractivity contribution in [2.24, 2.45) is 11.8 Å². The Labute approximate surface area is 100 Å². The van der Waals surface area contributed by atoms with Crippen molar-refractivity contribution < 1.29 is 4.74 Å². The lowest BCUT2D eigenvalue weighted by atomic mass is 9.83. The van der Waals surface area contributed by atoms with Crippen LogP contribution in [0.25, 0.3) is 0 Å². The van der Waals surface area contributed by atoms with Crippen molar-refractivity contribution in [2.75, 3.05) is 20.2 Å². The van der Waals surface area contributed by atoms with Crippen molar-refractivity contribution in [1.82, 2.24) is 5.32 Å². The average molecular weight is 225 g/mol. The van der Waals surface area contributed by atoms with E-state index in [0.717, 1.165) is 11.8 Å². The minimum absolute atomic E-state index is 0.541. The minimum atomic E-state index is 0.541. The second-order valence-corrected chi connectivity index (χ2v) is 5.61. The molecule has 2 rings (SSSR count). The van der Waals surface area contributed by atoms with Crippen molar-refractivity contribution >= 4 is 0 Å². The summed E-state index contributed by atoms with van der Waals surface area (Å²) in [6.45, 7) is 2.45. The van der Waals surface area contributed by atoms with E-state index in [1.165, 1.54) is 64.5 Å². The Balaban J connectivity index is 1.56. The fourth-order valence-electron chi connectivity index (χ4n) is 3.10. The highest BCUT2D eigenvalue weighted by molar-refractivity contribution is 4.77. The van der Waals surface area contributed by atoms with Gasteiger partial charge in [0.15, 0.2) is 0 Å². The summed E-state index contributed by atoms with van der Waals surface area (Å²) in [5, 5.41) is 3.62. The highest BCUT2D eigenvalue weighted by Gasteiger charge is 2.24. The molecule has 0 amide bonds. The zero-order valence-electron chi connectivity index (χ0n) is 10.7. The maximum absolute atomic E-state index is 5.59. The molecule has 2 nitrogen and oxygen atoms in total. The van der Waals surface area contributed by atoms with E-state index < -0.39 is 0 Å². The van der Waals surface area contributed by atoms with Crippen LogP contribution in [0.4, 0.5) is 0 Å². The van der Waals surface area contributed by atoms with Gasteiger partial charge >= 0.3 is 0 Å². The van der Waals surface area contributed by atoms with Crippen LogP contribution in [0.15, 0.2) is 0 Å². The van der Waals surface area contributed by atoms with Gasteiger partial charge in [0.1, 0.15) is 0 Å². The molecule has 0 aromatic carbocycles. The van der Waals surface area contributed by atoms with Gasteiger partial charge in [0.2, 0.25) is 0 Å². The molecule has 16 heavy (non-hydrogen) atoms. The Morgan fingerprint density at radius 1 is 1.06 bits per heavy atom. The van der Waals surface area contributed by atoms with Gasteiger partial charge in [-0.05, 0) is 57.0 Å². The van der Waals surface area contributed by atoms with Crippen LogP contribution in [-0.2, 0) is 4.74 Å². The molecule has 94 valence electrons. The van der Waals surface area contributed by atoms with Gasteiger partial charge in [-0.15, -0.1) is 0 Å². The van der Waals surface area contributed by atoms with E-state index in [1.807, 2.05) is 7.11 Å². The van der Waals surface area contributed by atoms with Gasteiger partial charge in [0.25, 0.3) is 0 Å². The Kier molecular flexibility index (Phi) is 5.11. The predicted molar refractivity (Wildman–Crippen MR) is 67.6 cm³/mol. The van der Waals surface area contributed by atoms with Gasteiger partial charge in [-0.2, -0.15) is 0 Å². The van der Waals surface area contributed by atoms with Gasteiger partial charge in [-0.1, -0.05) is 19.3 Å². The van der Waals surface area contributed by atoms with E-state index in [9.17, 15) is 0 Å². The van der Waals surface area contributed by atoms with Crippen molar-refractivity contribution in [2.45, 2.75) is 57.5 Å². The van der Waals surface area contributed by atoms with Crippen LogP contribution >= 0.6 is 0 Å². The van der Waals surface area contributed by atoms with Crippen molar-refractivity contribution in [3.63, 3.8) is 0 Å². The zero-order chi connectivity index (χ0) is 11.2. The first kappa shape index (κ1) is 12.4. The molecule has 1 N–H and O–H groups in total. The lowest BCUT2D eigenvalue weighted by molar-refractivity contribution is 0.0204. The standard InChI is InChI=1S/C14H27NO/c1-16-14-8-3-2-7-13(14)9-10-15-11-12-5-4-6-12/h12-15H,2-11H2,1H3/t13-,14+/m0/s1. The Morgan fingerprint density at radius 3 is 2.56 bits per heavy atom. The molecule has 0 saturated heterocycles. The first-order valence-electron chi connectivity index (χ1n) is 7.13. The fourth-order valence-corrected chi connectivity index (χ4v) is 3.10. The van der Waals surface area contributed by atoms with E-state index >= 15 is 0 Å². The first-order chi connectivity index (χ1) is 7.90. The lowest BCUT2D eigenvalue weighted by Gasteiger charge is -2.31.